The molecular formula is C17H30N4. The van der Waals surface area contributed by atoms with Crippen LogP contribution in [0.3, 0.4) is 0 Å². The third-order valence-electron chi connectivity index (χ3n) is 6.03. The molecule has 2 saturated heterocycles. The fourth-order valence-corrected chi connectivity index (χ4v) is 4.59. The molecule has 3 aliphatic rings. The first-order valence-corrected chi connectivity index (χ1v) is 8.88. The molecule has 2 N–H and O–H groups in total. The highest BCUT2D eigenvalue weighted by atomic mass is 15.3. The van der Waals surface area contributed by atoms with Crippen LogP contribution in [-0.2, 0) is 0 Å². The summed E-state index contributed by atoms with van der Waals surface area (Å²) < 4.78 is 0. The number of nitrogens with two attached hydrogens (primary N) is 1. The summed E-state index contributed by atoms with van der Waals surface area (Å²) in [5.41, 5.74) is 5.71. The standard InChI is InChI=1S/C17H30N4/c18-14-17(19)8-4-5-15(17)6-11-20-12-7-16(13-20)21-9-2-1-3-10-21/h15-16H,1-13,19H2. The van der Waals surface area contributed by atoms with Crippen molar-refractivity contribution in [1.82, 2.24) is 9.80 Å². The zero-order chi connectivity index (χ0) is 14.7. The largest absolute Gasteiger partial charge is 0.313 e. The lowest BCUT2D eigenvalue weighted by Gasteiger charge is -2.32. The van der Waals surface area contributed by atoms with E-state index in [2.05, 4.69) is 15.9 Å². The number of nitrogens with zero attached hydrogens (tertiary/aromatic N) is 3. The predicted molar refractivity (Wildman–Crippen MR) is 84.8 cm³/mol. The first-order valence-electron chi connectivity index (χ1n) is 8.88. The Morgan fingerprint density at radius 1 is 1.10 bits per heavy atom. The van der Waals surface area contributed by atoms with Crippen molar-refractivity contribution >= 4 is 0 Å². The molecule has 4 heteroatoms. The van der Waals surface area contributed by atoms with E-state index in [-0.39, 0.29) is 0 Å². The Kier molecular flexibility index (Phi) is 4.83. The Balaban J connectivity index is 1.44. The van der Waals surface area contributed by atoms with Crippen LogP contribution in [-0.4, -0.2) is 54.1 Å². The van der Waals surface area contributed by atoms with E-state index < -0.39 is 5.54 Å². The number of hydrogen-bond acceptors (Lipinski definition) is 4. The molecule has 0 aromatic carbocycles. The van der Waals surface area contributed by atoms with Crippen LogP contribution in [0.1, 0.15) is 51.4 Å². The highest BCUT2D eigenvalue weighted by Gasteiger charge is 2.40. The summed E-state index contributed by atoms with van der Waals surface area (Å²) in [6.45, 7) is 6.22. The lowest BCUT2D eigenvalue weighted by atomic mass is 9.87. The molecular weight excluding hydrogens is 260 g/mol. The third kappa shape index (κ3) is 3.41. The van der Waals surface area contributed by atoms with Crippen LogP contribution in [0.4, 0.5) is 0 Å². The van der Waals surface area contributed by atoms with Gasteiger partial charge in [-0.05, 0) is 70.6 Å². The molecule has 4 nitrogen and oxygen atoms in total. The molecule has 3 fully saturated rings. The summed E-state index contributed by atoms with van der Waals surface area (Å²) >= 11 is 0. The number of likely N-dealkylation sites (tertiary alicyclic amines) is 2. The molecule has 3 unspecified atom stereocenters. The second kappa shape index (κ2) is 6.64. The fraction of sp³-hybridized carbons (Fsp3) is 0.941. The summed E-state index contributed by atoms with van der Waals surface area (Å²) in [5.74, 6) is 0.413. The van der Waals surface area contributed by atoms with Crippen LogP contribution in [0.2, 0.25) is 0 Å². The summed E-state index contributed by atoms with van der Waals surface area (Å²) in [6, 6.07) is 3.16. The van der Waals surface area contributed by atoms with Crippen LogP contribution < -0.4 is 5.73 Å². The van der Waals surface area contributed by atoms with Gasteiger partial charge in [-0.25, -0.2) is 0 Å². The molecule has 0 radical (unpaired) electrons. The molecule has 2 aliphatic heterocycles. The van der Waals surface area contributed by atoms with Gasteiger partial charge in [0.15, 0.2) is 0 Å². The minimum atomic E-state index is -0.536. The van der Waals surface area contributed by atoms with Crippen molar-refractivity contribution in [3.05, 3.63) is 0 Å². The van der Waals surface area contributed by atoms with E-state index in [1.54, 1.807) is 0 Å². The van der Waals surface area contributed by atoms with Gasteiger partial charge in [0.2, 0.25) is 0 Å². The average Bonchev–Trinajstić information content (AvgIpc) is 3.13. The maximum Gasteiger partial charge on any atom is 0.107 e. The van der Waals surface area contributed by atoms with Gasteiger partial charge in [0.05, 0.1) is 6.07 Å². The minimum Gasteiger partial charge on any atom is -0.313 e. The van der Waals surface area contributed by atoms with Crippen molar-refractivity contribution in [3.63, 3.8) is 0 Å². The van der Waals surface area contributed by atoms with Crippen LogP contribution >= 0.6 is 0 Å². The van der Waals surface area contributed by atoms with Crippen molar-refractivity contribution in [2.24, 2.45) is 11.7 Å². The van der Waals surface area contributed by atoms with Crippen molar-refractivity contribution in [2.75, 3.05) is 32.7 Å². The monoisotopic (exact) mass is 290 g/mol. The van der Waals surface area contributed by atoms with E-state index in [0.29, 0.717) is 5.92 Å². The topological polar surface area (TPSA) is 56.3 Å². The molecule has 0 spiro atoms. The molecule has 0 amide bonds. The van der Waals surface area contributed by atoms with E-state index >= 15 is 0 Å². The van der Waals surface area contributed by atoms with Crippen molar-refractivity contribution in [1.29, 1.82) is 5.26 Å². The van der Waals surface area contributed by atoms with Gasteiger partial charge in [-0.1, -0.05) is 12.8 Å². The van der Waals surface area contributed by atoms with Gasteiger partial charge >= 0.3 is 0 Å². The Morgan fingerprint density at radius 2 is 1.90 bits per heavy atom. The second-order valence-corrected chi connectivity index (χ2v) is 7.37. The molecule has 118 valence electrons. The zero-order valence-electron chi connectivity index (χ0n) is 13.3. The highest BCUT2D eigenvalue weighted by molar-refractivity contribution is 5.12. The number of hydrogen-bond donors (Lipinski definition) is 1. The molecule has 0 bridgehead atoms. The maximum atomic E-state index is 9.30. The van der Waals surface area contributed by atoms with E-state index in [1.807, 2.05) is 0 Å². The lowest BCUT2D eigenvalue weighted by molar-refractivity contribution is 0.160. The van der Waals surface area contributed by atoms with Crippen LogP contribution in [0.5, 0.6) is 0 Å². The van der Waals surface area contributed by atoms with Gasteiger partial charge in [0.25, 0.3) is 0 Å². The van der Waals surface area contributed by atoms with Gasteiger partial charge < -0.3 is 10.6 Å². The molecule has 3 atom stereocenters. The SMILES string of the molecule is N#CC1(N)CCCC1CCN1CCC(N2CCCCC2)C1. The van der Waals surface area contributed by atoms with Gasteiger partial charge in [-0.15, -0.1) is 0 Å². The Bertz CT molecular complexity index is 385. The molecule has 3 rings (SSSR count). The van der Waals surface area contributed by atoms with Crippen LogP contribution in [0, 0.1) is 17.2 Å². The zero-order valence-corrected chi connectivity index (χ0v) is 13.3. The van der Waals surface area contributed by atoms with Crippen molar-refractivity contribution in [3.8, 4) is 6.07 Å². The third-order valence-corrected chi connectivity index (χ3v) is 6.03. The van der Waals surface area contributed by atoms with Crippen LogP contribution in [0.25, 0.3) is 0 Å². The normalized spacial score (nSPS) is 38.7. The minimum absolute atomic E-state index is 0.413. The van der Waals surface area contributed by atoms with E-state index in [0.717, 1.165) is 38.3 Å². The van der Waals surface area contributed by atoms with Crippen molar-refractivity contribution in [2.45, 2.75) is 62.9 Å². The predicted octanol–water partition coefficient (Wildman–Crippen LogP) is 1.96. The van der Waals surface area contributed by atoms with E-state index in [9.17, 15) is 5.26 Å². The molecule has 0 aromatic heterocycles. The number of rotatable bonds is 4. The van der Waals surface area contributed by atoms with E-state index in [4.69, 9.17) is 5.73 Å². The van der Waals surface area contributed by atoms with Crippen molar-refractivity contribution < 1.29 is 0 Å². The molecule has 1 aliphatic carbocycles. The molecule has 1 saturated carbocycles. The summed E-state index contributed by atoms with van der Waals surface area (Å²) in [6.07, 6.45) is 9.80. The maximum absolute atomic E-state index is 9.30. The van der Waals surface area contributed by atoms with E-state index in [1.165, 1.54) is 51.9 Å². The first-order chi connectivity index (χ1) is 10.2. The summed E-state index contributed by atoms with van der Waals surface area (Å²) in [5, 5.41) is 9.30. The highest BCUT2D eigenvalue weighted by Crippen LogP contribution is 2.36. The molecule has 0 aromatic rings. The van der Waals surface area contributed by atoms with Gasteiger partial charge in [0.1, 0.15) is 5.54 Å². The van der Waals surface area contributed by atoms with Gasteiger partial charge in [-0.2, -0.15) is 5.26 Å². The van der Waals surface area contributed by atoms with Gasteiger partial charge in [-0.3, -0.25) is 4.90 Å². The average molecular weight is 290 g/mol. The van der Waals surface area contributed by atoms with Crippen LogP contribution in [0.15, 0.2) is 0 Å². The lowest BCUT2D eigenvalue weighted by Crippen LogP contribution is -2.43. The second-order valence-electron chi connectivity index (χ2n) is 7.37. The fourth-order valence-electron chi connectivity index (χ4n) is 4.59. The number of nitriles is 1. The quantitative estimate of drug-likeness (QED) is 0.860. The summed E-state index contributed by atoms with van der Waals surface area (Å²) in [7, 11) is 0. The van der Waals surface area contributed by atoms with Gasteiger partial charge in [0, 0.05) is 12.6 Å². The molecule has 21 heavy (non-hydrogen) atoms. The number of piperidine rings is 1. The Morgan fingerprint density at radius 3 is 2.67 bits per heavy atom. The first kappa shape index (κ1) is 15.3. The summed E-state index contributed by atoms with van der Waals surface area (Å²) in [4.78, 5) is 5.32. The Labute approximate surface area is 129 Å². The Hall–Kier alpha value is -0.630. The smallest absolute Gasteiger partial charge is 0.107 e. The molecule has 2 heterocycles.